The fourth-order valence-electron chi connectivity index (χ4n) is 2.37. The highest BCUT2D eigenvalue weighted by molar-refractivity contribution is 5.46. The summed E-state index contributed by atoms with van der Waals surface area (Å²) in [5.41, 5.74) is 2.56. The molecule has 0 saturated heterocycles. The summed E-state index contributed by atoms with van der Waals surface area (Å²) < 4.78 is 0. The maximum atomic E-state index is 5.36. The Labute approximate surface area is 102 Å². The van der Waals surface area contributed by atoms with Gasteiger partial charge in [-0.05, 0) is 25.7 Å². The molecule has 5 nitrogen and oxygen atoms in total. The molecule has 1 heterocycles. The van der Waals surface area contributed by atoms with Gasteiger partial charge in [-0.2, -0.15) is 0 Å². The van der Waals surface area contributed by atoms with Gasteiger partial charge in [-0.15, -0.1) is 0 Å². The van der Waals surface area contributed by atoms with E-state index in [0.717, 1.165) is 24.1 Å². The lowest BCUT2D eigenvalue weighted by Crippen LogP contribution is -2.18. The van der Waals surface area contributed by atoms with Crippen molar-refractivity contribution in [2.24, 2.45) is 11.8 Å². The molecular weight excluding hydrogens is 214 g/mol. The molecule has 0 atom stereocenters. The number of hydrogen-bond acceptors (Lipinski definition) is 5. The minimum atomic E-state index is 0.656. The number of hydrazine groups is 1. The minimum absolute atomic E-state index is 0.656. The van der Waals surface area contributed by atoms with Crippen LogP contribution in [0.4, 0.5) is 11.6 Å². The van der Waals surface area contributed by atoms with Crippen LogP contribution in [0.2, 0.25) is 0 Å². The monoisotopic (exact) mass is 235 g/mol. The lowest BCUT2D eigenvalue weighted by Gasteiger charge is -2.22. The second-order valence-corrected chi connectivity index (χ2v) is 4.71. The zero-order valence-electron chi connectivity index (χ0n) is 10.4. The SMILES string of the molecule is Cc1nc(NN)cc(NCC2CCCCC2)n1. The largest absolute Gasteiger partial charge is 0.370 e. The van der Waals surface area contributed by atoms with Crippen LogP contribution >= 0.6 is 0 Å². The van der Waals surface area contributed by atoms with E-state index in [-0.39, 0.29) is 0 Å². The van der Waals surface area contributed by atoms with Gasteiger partial charge in [-0.1, -0.05) is 19.3 Å². The molecule has 0 radical (unpaired) electrons. The van der Waals surface area contributed by atoms with E-state index in [0.29, 0.717) is 5.82 Å². The molecule has 17 heavy (non-hydrogen) atoms. The Kier molecular flexibility index (Phi) is 4.14. The van der Waals surface area contributed by atoms with Crippen LogP contribution in [0.1, 0.15) is 37.9 Å². The number of hydrogen-bond donors (Lipinski definition) is 3. The number of nitrogen functional groups attached to an aromatic ring is 1. The molecule has 1 aliphatic carbocycles. The molecule has 2 rings (SSSR count). The Morgan fingerprint density at radius 1 is 1.24 bits per heavy atom. The van der Waals surface area contributed by atoms with Crippen molar-refractivity contribution in [3.8, 4) is 0 Å². The third-order valence-corrected chi connectivity index (χ3v) is 3.28. The number of anilines is 2. The van der Waals surface area contributed by atoms with Gasteiger partial charge < -0.3 is 10.7 Å². The van der Waals surface area contributed by atoms with Crippen molar-refractivity contribution in [3.05, 3.63) is 11.9 Å². The first-order valence-corrected chi connectivity index (χ1v) is 6.34. The summed E-state index contributed by atoms with van der Waals surface area (Å²) in [4.78, 5) is 8.51. The standard InChI is InChI=1S/C12H21N5/c1-9-15-11(7-12(16-9)17-13)14-8-10-5-3-2-4-6-10/h7,10H,2-6,8,13H2,1H3,(H2,14,15,16,17). The predicted molar refractivity (Wildman–Crippen MR) is 69.6 cm³/mol. The van der Waals surface area contributed by atoms with E-state index < -0.39 is 0 Å². The van der Waals surface area contributed by atoms with Gasteiger partial charge >= 0.3 is 0 Å². The molecule has 0 spiro atoms. The minimum Gasteiger partial charge on any atom is -0.370 e. The van der Waals surface area contributed by atoms with Crippen LogP contribution in [0.5, 0.6) is 0 Å². The molecule has 1 saturated carbocycles. The van der Waals surface area contributed by atoms with Crippen molar-refractivity contribution >= 4 is 11.6 Å². The molecule has 1 fully saturated rings. The highest BCUT2D eigenvalue weighted by Gasteiger charge is 2.13. The average Bonchev–Trinajstić information content (AvgIpc) is 2.37. The summed E-state index contributed by atoms with van der Waals surface area (Å²) in [5.74, 6) is 8.39. The zero-order chi connectivity index (χ0) is 12.1. The van der Waals surface area contributed by atoms with Crippen LogP contribution in [-0.2, 0) is 0 Å². The Balaban J connectivity index is 1.91. The molecule has 94 valence electrons. The summed E-state index contributed by atoms with van der Waals surface area (Å²) in [6.45, 7) is 2.87. The molecule has 0 aromatic carbocycles. The first kappa shape index (κ1) is 12.1. The fourth-order valence-corrected chi connectivity index (χ4v) is 2.37. The first-order valence-electron chi connectivity index (χ1n) is 6.34. The van der Waals surface area contributed by atoms with E-state index in [1.807, 2.05) is 13.0 Å². The van der Waals surface area contributed by atoms with E-state index in [1.165, 1.54) is 32.1 Å². The van der Waals surface area contributed by atoms with Crippen molar-refractivity contribution in [1.82, 2.24) is 9.97 Å². The number of nitrogens with two attached hydrogens (primary N) is 1. The summed E-state index contributed by atoms with van der Waals surface area (Å²) in [7, 11) is 0. The Hall–Kier alpha value is -1.36. The predicted octanol–water partition coefficient (Wildman–Crippen LogP) is 2.06. The quantitative estimate of drug-likeness (QED) is 0.550. The van der Waals surface area contributed by atoms with Gasteiger partial charge in [0.05, 0.1) is 0 Å². The van der Waals surface area contributed by atoms with Crippen molar-refractivity contribution < 1.29 is 0 Å². The second kappa shape index (κ2) is 5.82. The van der Waals surface area contributed by atoms with Crippen molar-refractivity contribution in [2.45, 2.75) is 39.0 Å². The molecule has 0 amide bonds. The van der Waals surface area contributed by atoms with E-state index in [2.05, 4.69) is 20.7 Å². The third kappa shape index (κ3) is 3.56. The Morgan fingerprint density at radius 3 is 2.65 bits per heavy atom. The zero-order valence-corrected chi connectivity index (χ0v) is 10.4. The number of aromatic nitrogens is 2. The lowest BCUT2D eigenvalue weighted by atomic mass is 9.89. The highest BCUT2D eigenvalue weighted by Crippen LogP contribution is 2.23. The number of aryl methyl sites for hydroxylation is 1. The molecule has 1 aromatic heterocycles. The van der Waals surface area contributed by atoms with Gasteiger partial charge in [-0.3, -0.25) is 0 Å². The highest BCUT2D eigenvalue weighted by atomic mass is 15.3. The van der Waals surface area contributed by atoms with E-state index >= 15 is 0 Å². The van der Waals surface area contributed by atoms with Crippen LogP contribution in [0.25, 0.3) is 0 Å². The van der Waals surface area contributed by atoms with Gasteiger partial charge in [0, 0.05) is 12.6 Å². The summed E-state index contributed by atoms with van der Waals surface area (Å²) in [6, 6.07) is 1.84. The third-order valence-electron chi connectivity index (χ3n) is 3.28. The summed E-state index contributed by atoms with van der Waals surface area (Å²) in [6.07, 6.45) is 6.79. The number of nitrogens with one attached hydrogen (secondary N) is 2. The normalized spacial score (nSPS) is 16.8. The molecule has 4 N–H and O–H groups in total. The van der Waals surface area contributed by atoms with Gasteiger partial charge in [0.25, 0.3) is 0 Å². The van der Waals surface area contributed by atoms with Crippen LogP contribution in [-0.4, -0.2) is 16.5 Å². The maximum absolute atomic E-state index is 5.36. The smallest absolute Gasteiger partial charge is 0.145 e. The number of rotatable bonds is 4. The van der Waals surface area contributed by atoms with E-state index in [9.17, 15) is 0 Å². The Morgan fingerprint density at radius 2 is 1.94 bits per heavy atom. The van der Waals surface area contributed by atoms with Crippen molar-refractivity contribution in [1.29, 1.82) is 0 Å². The molecule has 5 heteroatoms. The van der Waals surface area contributed by atoms with Crippen LogP contribution in [0, 0.1) is 12.8 Å². The molecule has 1 aromatic rings. The van der Waals surface area contributed by atoms with Crippen LogP contribution < -0.4 is 16.6 Å². The fraction of sp³-hybridized carbons (Fsp3) is 0.667. The summed E-state index contributed by atoms with van der Waals surface area (Å²) in [5, 5.41) is 3.38. The van der Waals surface area contributed by atoms with Crippen molar-refractivity contribution in [2.75, 3.05) is 17.3 Å². The first-order chi connectivity index (χ1) is 8.28. The maximum Gasteiger partial charge on any atom is 0.145 e. The van der Waals surface area contributed by atoms with Gasteiger partial charge in [0.15, 0.2) is 0 Å². The van der Waals surface area contributed by atoms with Gasteiger partial charge in [-0.25, -0.2) is 15.8 Å². The number of nitrogens with zero attached hydrogens (tertiary/aromatic N) is 2. The second-order valence-electron chi connectivity index (χ2n) is 4.71. The molecule has 0 aliphatic heterocycles. The van der Waals surface area contributed by atoms with E-state index in [1.54, 1.807) is 0 Å². The van der Waals surface area contributed by atoms with E-state index in [4.69, 9.17) is 5.84 Å². The molecule has 1 aliphatic rings. The van der Waals surface area contributed by atoms with Crippen LogP contribution in [0.3, 0.4) is 0 Å². The average molecular weight is 235 g/mol. The Bertz CT molecular complexity index is 360. The summed E-state index contributed by atoms with van der Waals surface area (Å²) >= 11 is 0. The molecular formula is C12H21N5. The molecule has 0 bridgehead atoms. The van der Waals surface area contributed by atoms with Crippen LogP contribution in [0.15, 0.2) is 6.07 Å². The van der Waals surface area contributed by atoms with Gasteiger partial charge in [0.2, 0.25) is 0 Å². The topological polar surface area (TPSA) is 75.9 Å². The molecule has 0 unspecified atom stereocenters. The lowest BCUT2D eigenvalue weighted by molar-refractivity contribution is 0.373. The van der Waals surface area contributed by atoms with Gasteiger partial charge in [0.1, 0.15) is 17.5 Å². The van der Waals surface area contributed by atoms with Crippen molar-refractivity contribution in [3.63, 3.8) is 0 Å².